The first-order chi connectivity index (χ1) is 12.3. The number of ketones is 1. The molecule has 0 spiro atoms. The number of hydrogen-bond donors (Lipinski definition) is 2. The minimum Gasteiger partial charge on any atom is -0.479 e. The predicted molar refractivity (Wildman–Crippen MR) is 94.5 cm³/mol. The predicted octanol–water partition coefficient (Wildman–Crippen LogP) is 3.28. The molecule has 26 heavy (non-hydrogen) atoms. The number of aryl methyl sites for hydroxylation is 2. The molecule has 1 aliphatic rings. The summed E-state index contributed by atoms with van der Waals surface area (Å²) in [7, 11) is 0. The summed E-state index contributed by atoms with van der Waals surface area (Å²) in [5.74, 6) is -1.28. The van der Waals surface area contributed by atoms with Crippen LogP contribution in [0.3, 0.4) is 0 Å². The molecule has 1 atom stereocenters. The highest BCUT2D eigenvalue weighted by Gasteiger charge is 2.31. The molecule has 1 heterocycles. The lowest BCUT2D eigenvalue weighted by molar-refractivity contribution is -0.139. The van der Waals surface area contributed by atoms with Crippen molar-refractivity contribution in [2.45, 2.75) is 46.1 Å². The van der Waals surface area contributed by atoms with Crippen LogP contribution >= 0.6 is 0 Å². The Bertz CT molecular complexity index is 909. The molecule has 0 saturated carbocycles. The third-order valence-electron chi connectivity index (χ3n) is 4.99. The van der Waals surface area contributed by atoms with Crippen molar-refractivity contribution < 1.29 is 23.9 Å². The van der Waals surface area contributed by atoms with Gasteiger partial charge in [0.1, 0.15) is 5.76 Å². The molecule has 1 aromatic heterocycles. The lowest BCUT2D eigenvalue weighted by Crippen LogP contribution is -2.34. The Morgan fingerprint density at radius 1 is 1.15 bits per heavy atom. The molecule has 0 saturated heterocycles. The van der Waals surface area contributed by atoms with Crippen molar-refractivity contribution in [2.24, 2.45) is 0 Å². The van der Waals surface area contributed by atoms with Crippen molar-refractivity contribution in [3.8, 4) is 0 Å². The van der Waals surface area contributed by atoms with Crippen LogP contribution in [-0.4, -0.2) is 22.8 Å². The van der Waals surface area contributed by atoms with E-state index in [0.717, 1.165) is 11.1 Å². The number of carbonyl (C=O) groups excluding carboxylic acids is 2. The van der Waals surface area contributed by atoms with Crippen LogP contribution in [0.15, 0.2) is 22.6 Å². The quantitative estimate of drug-likeness (QED) is 0.877. The van der Waals surface area contributed by atoms with Gasteiger partial charge in [0, 0.05) is 18.4 Å². The van der Waals surface area contributed by atoms with Crippen LogP contribution in [0.2, 0.25) is 0 Å². The van der Waals surface area contributed by atoms with Gasteiger partial charge in [-0.05, 0) is 43.9 Å². The maximum Gasteiger partial charge on any atom is 0.330 e. The number of hydrogen-bond acceptors (Lipinski definition) is 4. The molecule has 6 nitrogen and oxygen atoms in total. The van der Waals surface area contributed by atoms with Crippen LogP contribution in [0.5, 0.6) is 0 Å². The zero-order valence-corrected chi connectivity index (χ0v) is 15.0. The summed E-state index contributed by atoms with van der Waals surface area (Å²) in [5.41, 5.74) is 3.23. The number of rotatable bonds is 4. The Kier molecular flexibility index (Phi) is 4.68. The second kappa shape index (κ2) is 6.78. The van der Waals surface area contributed by atoms with E-state index in [9.17, 15) is 19.5 Å². The fourth-order valence-electron chi connectivity index (χ4n) is 3.42. The molecule has 2 N–H and O–H groups in total. The number of fused-ring (bicyclic) bond motifs is 1. The third-order valence-corrected chi connectivity index (χ3v) is 4.99. The highest BCUT2D eigenvalue weighted by Crippen LogP contribution is 2.30. The average Bonchev–Trinajstić information content (AvgIpc) is 2.93. The highest BCUT2D eigenvalue weighted by atomic mass is 16.4. The maximum absolute atomic E-state index is 12.7. The normalized spacial score (nSPS) is 14.7. The molecule has 1 amide bonds. The second-order valence-electron chi connectivity index (χ2n) is 6.66. The number of amides is 1. The molecular weight excluding hydrogens is 334 g/mol. The van der Waals surface area contributed by atoms with Crippen LogP contribution in [0, 0.1) is 20.8 Å². The van der Waals surface area contributed by atoms with Crippen LogP contribution in [0.1, 0.15) is 67.8 Å². The number of carbonyl (C=O) groups is 3. The van der Waals surface area contributed by atoms with E-state index in [-0.39, 0.29) is 11.5 Å². The van der Waals surface area contributed by atoms with Gasteiger partial charge in [-0.1, -0.05) is 18.2 Å². The molecule has 0 radical (unpaired) electrons. The summed E-state index contributed by atoms with van der Waals surface area (Å²) in [6, 6.07) is 4.13. The molecule has 136 valence electrons. The van der Waals surface area contributed by atoms with Gasteiger partial charge < -0.3 is 14.8 Å². The van der Waals surface area contributed by atoms with Crippen molar-refractivity contribution in [1.82, 2.24) is 5.32 Å². The van der Waals surface area contributed by atoms with Crippen LogP contribution < -0.4 is 5.32 Å². The first-order valence-corrected chi connectivity index (χ1v) is 8.56. The van der Waals surface area contributed by atoms with Crippen molar-refractivity contribution >= 4 is 17.7 Å². The number of nitrogens with one attached hydrogen (secondary N) is 1. The molecule has 0 bridgehead atoms. The number of furan rings is 1. The monoisotopic (exact) mass is 355 g/mol. The smallest absolute Gasteiger partial charge is 0.330 e. The fourth-order valence-corrected chi connectivity index (χ4v) is 3.42. The summed E-state index contributed by atoms with van der Waals surface area (Å²) in [6.45, 7) is 5.37. The largest absolute Gasteiger partial charge is 0.479 e. The van der Waals surface area contributed by atoms with E-state index in [4.69, 9.17) is 4.42 Å². The van der Waals surface area contributed by atoms with E-state index in [1.807, 2.05) is 19.9 Å². The Morgan fingerprint density at radius 3 is 2.54 bits per heavy atom. The molecule has 1 aromatic carbocycles. The molecule has 3 rings (SSSR count). The fraction of sp³-hybridized carbons (Fsp3) is 0.350. The summed E-state index contributed by atoms with van der Waals surface area (Å²) in [5, 5.41) is 12.2. The van der Waals surface area contributed by atoms with Crippen LogP contribution in [0.4, 0.5) is 0 Å². The molecule has 1 unspecified atom stereocenters. The van der Waals surface area contributed by atoms with Gasteiger partial charge in [0.15, 0.2) is 17.6 Å². The van der Waals surface area contributed by atoms with Gasteiger partial charge >= 0.3 is 5.97 Å². The van der Waals surface area contributed by atoms with Gasteiger partial charge in [-0.25, -0.2) is 4.79 Å². The number of aliphatic carboxylic acids is 1. The Labute approximate surface area is 151 Å². The number of Topliss-reactive ketones (excluding diaryl/α,β-unsaturated/α-hetero) is 1. The molecule has 1 aliphatic carbocycles. The van der Waals surface area contributed by atoms with E-state index < -0.39 is 17.9 Å². The van der Waals surface area contributed by atoms with Gasteiger partial charge in [-0.3, -0.25) is 9.59 Å². The van der Waals surface area contributed by atoms with Crippen molar-refractivity contribution in [3.05, 3.63) is 57.5 Å². The van der Waals surface area contributed by atoms with E-state index in [1.165, 1.54) is 0 Å². The molecule has 0 fully saturated rings. The number of benzene rings is 1. The topological polar surface area (TPSA) is 96.6 Å². The molecular formula is C20H21NO5. The third kappa shape index (κ3) is 3.03. The summed E-state index contributed by atoms with van der Waals surface area (Å²) < 4.78 is 5.61. The standard InChI is InChI=1S/C20H21NO5/c1-10-6-4-7-13(11(10)2)17(20(24)25)21-19(23)18-12(3)16-14(22)8-5-9-15(16)26-18/h4,6-7,17H,5,8-9H2,1-3H3,(H,21,23)(H,24,25). The van der Waals surface area contributed by atoms with Crippen LogP contribution in [0.25, 0.3) is 0 Å². The second-order valence-corrected chi connectivity index (χ2v) is 6.66. The van der Waals surface area contributed by atoms with E-state index in [2.05, 4.69) is 5.32 Å². The van der Waals surface area contributed by atoms with E-state index in [0.29, 0.717) is 41.7 Å². The number of carboxylic acid groups (broad SMARTS) is 1. The lowest BCUT2D eigenvalue weighted by atomic mass is 9.94. The van der Waals surface area contributed by atoms with Crippen molar-refractivity contribution in [3.63, 3.8) is 0 Å². The first kappa shape index (κ1) is 17.9. The molecule has 2 aromatic rings. The minimum atomic E-state index is -1.19. The van der Waals surface area contributed by atoms with E-state index in [1.54, 1.807) is 19.1 Å². The van der Waals surface area contributed by atoms with Gasteiger partial charge in [-0.2, -0.15) is 0 Å². The van der Waals surface area contributed by atoms with Crippen LogP contribution in [-0.2, 0) is 11.2 Å². The van der Waals surface area contributed by atoms with Gasteiger partial charge in [0.2, 0.25) is 0 Å². The lowest BCUT2D eigenvalue weighted by Gasteiger charge is -2.17. The average molecular weight is 355 g/mol. The van der Waals surface area contributed by atoms with E-state index >= 15 is 0 Å². The maximum atomic E-state index is 12.7. The van der Waals surface area contributed by atoms with Gasteiger partial charge in [0.05, 0.1) is 5.56 Å². The Hall–Kier alpha value is -2.89. The van der Waals surface area contributed by atoms with Gasteiger partial charge in [-0.15, -0.1) is 0 Å². The zero-order valence-electron chi connectivity index (χ0n) is 15.0. The molecule has 0 aliphatic heterocycles. The Balaban J connectivity index is 1.94. The highest BCUT2D eigenvalue weighted by molar-refractivity contribution is 6.04. The Morgan fingerprint density at radius 2 is 1.88 bits per heavy atom. The van der Waals surface area contributed by atoms with Crippen molar-refractivity contribution in [1.29, 1.82) is 0 Å². The summed E-state index contributed by atoms with van der Waals surface area (Å²) >= 11 is 0. The van der Waals surface area contributed by atoms with Gasteiger partial charge in [0.25, 0.3) is 5.91 Å². The first-order valence-electron chi connectivity index (χ1n) is 8.56. The minimum absolute atomic E-state index is 0.0156. The zero-order chi connectivity index (χ0) is 19.0. The summed E-state index contributed by atoms with van der Waals surface area (Å²) in [4.78, 5) is 36.5. The summed E-state index contributed by atoms with van der Waals surface area (Å²) in [6.07, 6.45) is 1.74. The SMILES string of the molecule is Cc1cccc(C(NC(=O)c2oc3c(c2C)C(=O)CCC3)C(=O)O)c1C. The molecule has 6 heteroatoms. The van der Waals surface area contributed by atoms with Crippen molar-refractivity contribution in [2.75, 3.05) is 0 Å². The number of carboxylic acids is 1.